The molecule has 1 aliphatic rings. The number of hydrogen-bond acceptors (Lipinski definition) is 3. The molecule has 3 nitrogen and oxygen atoms in total. The molecule has 0 aliphatic carbocycles. The van der Waals surface area contributed by atoms with Crippen molar-refractivity contribution >= 4 is 37.9 Å². The van der Waals surface area contributed by atoms with E-state index in [1.165, 1.54) is 0 Å². The predicted molar refractivity (Wildman–Crippen MR) is 64.9 cm³/mol. The number of hydrogen-bond donors (Lipinski definition) is 0. The maximum Gasteiger partial charge on any atom is 0.231 e. The van der Waals surface area contributed by atoms with Gasteiger partial charge in [-0.2, -0.15) is 0 Å². The van der Waals surface area contributed by atoms with E-state index in [4.69, 9.17) is 14.2 Å². The van der Waals surface area contributed by atoms with Gasteiger partial charge in [0, 0.05) is 5.56 Å². The zero-order valence-electron chi connectivity index (χ0n) is 7.92. The number of ether oxygens (including phenoxy) is 3. The van der Waals surface area contributed by atoms with Gasteiger partial charge in [0.1, 0.15) is 0 Å². The zero-order chi connectivity index (χ0) is 10.8. The van der Waals surface area contributed by atoms with Crippen LogP contribution in [0.1, 0.15) is 5.56 Å². The van der Waals surface area contributed by atoms with Crippen molar-refractivity contribution in [3.05, 3.63) is 21.1 Å². The third-order valence-corrected chi connectivity index (χ3v) is 2.45. The van der Waals surface area contributed by atoms with Gasteiger partial charge in [-0.05, 0) is 50.1 Å². The van der Waals surface area contributed by atoms with Gasteiger partial charge in [0.25, 0.3) is 0 Å². The largest absolute Gasteiger partial charge is 0.492 e. The molecule has 0 unspecified atom stereocenters. The van der Waals surface area contributed by atoms with Crippen LogP contribution in [0.3, 0.4) is 0 Å². The molecule has 0 amide bonds. The van der Waals surface area contributed by atoms with E-state index < -0.39 is 0 Å². The average Bonchev–Trinajstić information content (AvgIpc) is 2.64. The molecule has 0 fully saturated rings. The fourth-order valence-electron chi connectivity index (χ4n) is 1.40. The summed E-state index contributed by atoms with van der Waals surface area (Å²) in [5.41, 5.74) is 0.922. The van der Waals surface area contributed by atoms with Crippen molar-refractivity contribution in [2.24, 2.45) is 0 Å². The van der Waals surface area contributed by atoms with Crippen LogP contribution >= 0.6 is 31.9 Å². The van der Waals surface area contributed by atoms with Gasteiger partial charge in [-0.3, -0.25) is 0 Å². The monoisotopic (exact) mass is 334 g/mol. The maximum absolute atomic E-state index is 5.34. The van der Waals surface area contributed by atoms with E-state index in [2.05, 4.69) is 31.9 Å². The number of halogens is 2. The van der Waals surface area contributed by atoms with Gasteiger partial charge in [0.15, 0.2) is 11.5 Å². The van der Waals surface area contributed by atoms with E-state index >= 15 is 0 Å². The smallest absolute Gasteiger partial charge is 0.231 e. The quantitative estimate of drug-likeness (QED) is 0.827. The van der Waals surface area contributed by atoms with Crippen LogP contribution in [0.25, 0.3) is 6.08 Å². The summed E-state index contributed by atoms with van der Waals surface area (Å²) in [5, 5.41) is 0. The highest BCUT2D eigenvalue weighted by Crippen LogP contribution is 2.44. The lowest BCUT2D eigenvalue weighted by molar-refractivity contribution is 0.171. The predicted octanol–water partition coefficient (Wildman–Crippen LogP) is 3.51. The molecule has 0 aromatic heterocycles. The van der Waals surface area contributed by atoms with E-state index in [9.17, 15) is 0 Å². The molecule has 2 rings (SSSR count). The van der Waals surface area contributed by atoms with E-state index in [0.717, 1.165) is 14.7 Å². The van der Waals surface area contributed by atoms with Crippen molar-refractivity contribution in [3.8, 4) is 17.2 Å². The standard InChI is InChI=1S/C10H8Br2O3/c1-13-9-6(4-8(11)12)2-3-7-10(9)15-5-14-7/h2-4H,5H2,1H3. The Kier molecular flexibility index (Phi) is 3.21. The van der Waals surface area contributed by atoms with Gasteiger partial charge in [-0.25, -0.2) is 0 Å². The van der Waals surface area contributed by atoms with E-state index in [1.54, 1.807) is 7.11 Å². The summed E-state index contributed by atoms with van der Waals surface area (Å²) in [7, 11) is 1.61. The molecule has 0 radical (unpaired) electrons. The second-order valence-electron chi connectivity index (χ2n) is 2.86. The molecule has 0 N–H and O–H groups in total. The van der Waals surface area contributed by atoms with Crippen LogP contribution in [-0.2, 0) is 0 Å². The van der Waals surface area contributed by atoms with Crippen LogP contribution in [0, 0.1) is 0 Å². The lowest BCUT2D eigenvalue weighted by Gasteiger charge is -2.07. The Morgan fingerprint density at radius 3 is 2.87 bits per heavy atom. The molecule has 1 aliphatic heterocycles. The Balaban J connectivity index is 2.53. The summed E-state index contributed by atoms with van der Waals surface area (Å²) in [6.45, 7) is 0.244. The van der Waals surface area contributed by atoms with E-state index in [-0.39, 0.29) is 6.79 Å². The molecule has 0 saturated carbocycles. The van der Waals surface area contributed by atoms with Crippen LogP contribution in [0.15, 0.2) is 15.5 Å². The molecule has 0 atom stereocenters. The maximum atomic E-state index is 5.34. The van der Waals surface area contributed by atoms with Crippen molar-refractivity contribution in [2.75, 3.05) is 13.9 Å². The first-order valence-corrected chi connectivity index (χ1v) is 5.80. The first kappa shape index (κ1) is 10.8. The minimum absolute atomic E-state index is 0.244. The van der Waals surface area contributed by atoms with Gasteiger partial charge < -0.3 is 14.2 Å². The summed E-state index contributed by atoms with van der Waals surface area (Å²) in [4.78, 5) is 0. The lowest BCUT2D eigenvalue weighted by atomic mass is 10.1. The second kappa shape index (κ2) is 4.45. The third-order valence-electron chi connectivity index (χ3n) is 1.99. The Morgan fingerprint density at radius 2 is 2.20 bits per heavy atom. The van der Waals surface area contributed by atoms with Crippen molar-refractivity contribution < 1.29 is 14.2 Å². The van der Waals surface area contributed by atoms with Crippen LogP contribution in [-0.4, -0.2) is 13.9 Å². The molecule has 15 heavy (non-hydrogen) atoms. The molecule has 80 valence electrons. The minimum Gasteiger partial charge on any atom is -0.492 e. The highest BCUT2D eigenvalue weighted by molar-refractivity contribution is 9.28. The van der Waals surface area contributed by atoms with Gasteiger partial charge in [0.05, 0.1) is 10.5 Å². The van der Waals surface area contributed by atoms with Crippen LogP contribution in [0.4, 0.5) is 0 Å². The van der Waals surface area contributed by atoms with Gasteiger partial charge >= 0.3 is 0 Å². The molecule has 1 aromatic rings. The molecule has 5 heteroatoms. The topological polar surface area (TPSA) is 27.7 Å². The summed E-state index contributed by atoms with van der Waals surface area (Å²) in [6, 6.07) is 3.77. The molecule has 0 bridgehead atoms. The Labute approximate surface area is 104 Å². The van der Waals surface area contributed by atoms with Gasteiger partial charge in [-0.1, -0.05) is 0 Å². The molecule has 0 saturated heterocycles. The van der Waals surface area contributed by atoms with Crippen molar-refractivity contribution in [1.82, 2.24) is 0 Å². The minimum atomic E-state index is 0.244. The van der Waals surface area contributed by atoms with Gasteiger partial charge in [-0.15, -0.1) is 0 Å². The second-order valence-corrected chi connectivity index (χ2v) is 5.63. The Bertz CT molecular complexity index is 411. The Morgan fingerprint density at radius 1 is 1.40 bits per heavy atom. The van der Waals surface area contributed by atoms with Crippen molar-refractivity contribution in [1.29, 1.82) is 0 Å². The molecular weight excluding hydrogens is 328 g/mol. The third kappa shape index (κ3) is 2.13. The van der Waals surface area contributed by atoms with Crippen LogP contribution < -0.4 is 14.2 Å². The summed E-state index contributed by atoms with van der Waals surface area (Å²) in [6.07, 6.45) is 1.89. The Hall–Kier alpha value is -0.680. The van der Waals surface area contributed by atoms with Crippen molar-refractivity contribution in [2.45, 2.75) is 0 Å². The summed E-state index contributed by atoms with van der Waals surface area (Å²) >= 11 is 6.61. The zero-order valence-corrected chi connectivity index (χ0v) is 11.1. The van der Waals surface area contributed by atoms with E-state index in [0.29, 0.717) is 11.5 Å². The van der Waals surface area contributed by atoms with E-state index in [1.807, 2.05) is 18.2 Å². The number of rotatable bonds is 2. The first-order valence-electron chi connectivity index (χ1n) is 4.21. The van der Waals surface area contributed by atoms with Crippen LogP contribution in [0.5, 0.6) is 17.2 Å². The molecule has 0 spiro atoms. The SMILES string of the molecule is COc1c(C=C(Br)Br)ccc2c1OCO2. The lowest BCUT2D eigenvalue weighted by Crippen LogP contribution is -1.94. The molecule has 1 aromatic carbocycles. The first-order chi connectivity index (χ1) is 7.22. The normalized spacial score (nSPS) is 12.5. The number of methoxy groups -OCH3 is 1. The van der Waals surface area contributed by atoms with Crippen molar-refractivity contribution in [3.63, 3.8) is 0 Å². The summed E-state index contributed by atoms with van der Waals surface area (Å²) in [5.74, 6) is 2.06. The highest BCUT2D eigenvalue weighted by Gasteiger charge is 2.20. The fraction of sp³-hybridized carbons (Fsp3) is 0.200. The summed E-state index contributed by atoms with van der Waals surface area (Å²) < 4.78 is 16.7. The fourth-order valence-corrected chi connectivity index (χ4v) is 1.90. The number of fused-ring (bicyclic) bond motifs is 1. The molecule has 1 heterocycles. The number of benzene rings is 1. The highest BCUT2D eigenvalue weighted by atomic mass is 79.9. The van der Waals surface area contributed by atoms with Gasteiger partial charge in [0.2, 0.25) is 12.5 Å². The molecular formula is C10H8Br2O3. The van der Waals surface area contributed by atoms with Crippen LogP contribution in [0.2, 0.25) is 0 Å². The average molecular weight is 336 g/mol.